The number of hydrogen-bond acceptors (Lipinski definition) is 6. The summed E-state index contributed by atoms with van der Waals surface area (Å²) in [5.41, 5.74) is 2.46. The number of nitrogens with zero attached hydrogens (tertiary/aromatic N) is 1. The fourth-order valence-electron chi connectivity index (χ4n) is 5.60. The number of halogens is 1. The summed E-state index contributed by atoms with van der Waals surface area (Å²) in [6, 6.07) is 25.1. The molecular weight excluding hydrogens is 564 g/mol. The minimum absolute atomic E-state index is 0.0718. The van der Waals surface area contributed by atoms with Gasteiger partial charge < -0.3 is 15.2 Å². The van der Waals surface area contributed by atoms with Crippen LogP contribution in [0.3, 0.4) is 0 Å². The number of methoxy groups -OCH3 is 1. The van der Waals surface area contributed by atoms with Crippen molar-refractivity contribution in [1.82, 2.24) is 10.3 Å². The Morgan fingerprint density at radius 2 is 1.84 bits per heavy atom. The molecule has 5 rings (SSSR count). The maximum Gasteiger partial charge on any atom is 0.217 e. The number of benzene rings is 3. The van der Waals surface area contributed by atoms with Crippen molar-refractivity contribution in [2.75, 3.05) is 19.9 Å². The molecule has 2 N–H and O–H groups in total. The van der Waals surface area contributed by atoms with E-state index in [1.165, 1.54) is 11.8 Å². The van der Waals surface area contributed by atoms with E-state index in [1.54, 1.807) is 31.4 Å². The number of ether oxygens (including phenoxy) is 1. The number of hydrogen-bond donors (Lipinski definition) is 2. The van der Waals surface area contributed by atoms with Gasteiger partial charge in [0.1, 0.15) is 0 Å². The van der Waals surface area contributed by atoms with Gasteiger partial charge in [0.15, 0.2) is 9.84 Å². The van der Waals surface area contributed by atoms with Gasteiger partial charge in [-0.05, 0) is 73.3 Å². The zero-order chi connectivity index (χ0) is 26.9. The molecule has 3 unspecified atom stereocenters. The first-order chi connectivity index (χ1) is 18.2. The van der Waals surface area contributed by atoms with Gasteiger partial charge in [-0.15, -0.1) is 0 Å². The zero-order valence-corrected chi connectivity index (χ0v) is 23.8. The van der Waals surface area contributed by atoms with E-state index in [0.717, 1.165) is 32.9 Å². The van der Waals surface area contributed by atoms with Gasteiger partial charge in [-0.2, -0.15) is 0 Å². The van der Waals surface area contributed by atoms with Crippen molar-refractivity contribution in [3.05, 3.63) is 100 Å². The van der Waals surface area contributed by atoms with Crippen LogP contribution in [0.1, 0.15) is 35.4 Å². The second-order valence-corrected chi connectivity index (χ2v) is 13.0. The summed E-state index contributed by atoms with van der Waals surface area (Å²) in [7, 11) is -1.77. The average Bonchev–Trinajstić information content (AvgIpc) is 2.88. The highest BCUT2D eigenvalue weighted by Crippen LogP contribution is 2.45. The number of rotatable bonds is 7. The summed E-state index contributed by atoms with van der Waals surface area (Å²) in [5.74, 6) is -0.0362. The molecule has 1 fully saturated rings. The summed E-state index contributed by atoms with van der Waals surface area (Å²) in [5, 5.41) is 16.9. The molecule has 0 spiro atoms. The number of piperidine rings is 1. The smallest absolute Gasteiger partial charge is 0.217 e. The molecule has 6 nitrogen and oxygen atoms in total. The molecule has 2 heterocycles. The van der Waals surface area contributed by atoms with E-state index >= 15 is 0 Å². The van der Waals surface area contributed by atoms with Gasteiger partial charge in [0.05, 0.1) is 23.1 Å². The Morgan fingerprint density at radius 3 is 2.53 bits per heavy atom. The minimum Gasteiger partial charge on any atom is -0.481 e. The Balaban J connectivity index is 1.63. The number of nitrogens with one attached hydrogen (secondary N) is 1. The first kappa shape index (κ1) is 26.8. The summed E-state index contributed by atoms with van der Waals surface area (Å²) in [6.07, 6.45) is 3.03. The van der Waals surface area contributed by atoms with Crippen LogP contribution in [0.25, 0.3) is 10.9 Å². The monoisotopic (exact) mass is 594 g/mol. The molecule has 198 valence electrons. The summed E-state index contributed by atoms with van der Waals surface area (Å²) >= 11 is 3.55. The third-order valence-corrected chi connectivity index (χ3v) is 8.99. The maximum absolute atomic E-state index is 12.4. The lowest BCUT2D eigenvalue weighted by atomic mass is 9.70. The Morgan fingerprint density at radius 1 is 1.11 bits per heavy atom. The molecule has 38 heavy (non-hydrogen) atoms. The van der Waals surface area contributed by atoms with Gasteiger partial charge in [-0.1, -0.05) is 58.4 Å². The number of aromatic nitrogens is 1. The fraction of sp³-hybridized carbons (Fsp3) is 0.300. The van der Waals surface area contributed by atoms with E-state index < -0.39 is 21.4 Å². The number of sulfone groups is 1. The van der Waals surface area contributed by atoms with E-state index in [9.17, 15) is 13.5 Å². The van der Waals surface area contributed by atoms with Crippen LogP contribution in [0.15, 0.2) is 88.2 Å². The van der Waals surface area contributed by atoms with Gasteiger partial charge in [0, 0.05) is 33.6 Å². The van der Waals surface area contributed by atoms with Crippen molar-refractivity contribution < 1.29 is 18.3 Å². The first-order valence-corrected chi connectivity index (χ1v) is 15.3. The molecule has 8 heteroatoms. The van der Waals surface area contributed by atoms with Crippen LogP contribution in [-0.2, 0) is 16.3 Å². The van der Waals surface area contributed by atoms with Gasteiger partial charge in [0.2, 0.25) is 5.88 Å². The molecule has 3 atom stereocenters. The first-order valence-electron chi connectivity index (χ1n) is 12.6. The van der Waals surface area contributed by atoms with Gasteiger partial charge in [0.25, 0.3) is 0 Å². The largest absolute Gasteiger partial charge is 0.481 e. The minimum atomic E-state index is -3.35. The van der Waals surface area contributed by atoms with Crippen molar-refractivity contribution in [2.24, 2.45) is 0 Å². The third kappa shape index (κ3) is 5.64. The molecule has 0 amide bonds. The van der Waals surface area contributed by atoms with Gasteiger partial charge in [-0.25, -0.2) is 13.4 Å². The second-order valence-electron chi connectivity index (χ2n) is 10.1. The molecule has 0 radical (unpaired) electrons. The van der Waals surface area contributed by atoms with E-state index in [1.807, 2.05) is 42.5 Å². The van der Waals surface area contributed by atoms with Crippen molar-refractivity contribution in [2.45, 2.75) is 41.7 Å². The Bertz CT molecular complexity index is 1540. The molecule has 3 aromatic carbocycles. The standard InChI is InChI=1S/C30H31BrN2O4S/c1-37-29-26(18-22-17-23(31)10-13-27(22)33-29)28(21-8-11-25(12-9-21)38(2,35)36)30(34)14-15-32-24(19-30)16-20-6-4-3-5-7-20/h3-13,17-18,24,28,32,34H,14-16,19H2,1-2H3. The predicted molar refractivity (Wildman–Crippen MR) is 154 cm³/mol. The average molecular weight is 596 g/mol. The van der Waals surface area contributed by atoms with E-state index in [4.69, 9.17) is 9.72 Å². The summed E-state index contributed by atoms with van der Waals surface area (Å²) in [6.45, 7) is 0.654. The maximum atomic E-state index is 12.4. The molecule has 4 aromatic rings. The molecular formula is C30H31BrN2O4S. The van der Waals surface area contributed by atoms with Crippen LogP contribution < -0.4 is 10.1 Å². The van der Waals surface area contributed by atoms with Crippen LogP contribution in [0.4, 0.5) is 0 Å². The Hall–Kier alpha value is -2.78. The van der Waals surface area contributed by atoms with E-state index in [2.05, 4.69) is 33.4 Å². The highest BCUT2D eigenvalue weighted by atomic mass is 79.9. The number of aliphatic hydroxyl groups is 1. The summed E-state index contributed by atoms with van der Waals surface area (Å²) in [4.78, 5) is 5.03. The van der Waals surface area contributed by atoms with Gasteiger partial charge >= 0.3 is 0 Å². The highest BCUT2D eigenvalue weighted by molar-refractivity contribution is 9.10. The lowest BCUT2D eigenvalue weighted by Crippen LogP contribution is -2.52. The van der Waals surface area contributed by atoms with Crippen molar-refractivity contribution in [1.29, 1.82) is 0 Å². The van der Waals surface area contributed by atoms with Crippen molar-refractivity contribution >= 4 is 36.7 Å². The van der Waals surface area contributed by atoms with Crippen molar-refractivity contribution in [3.63, 3.8) is 0 Å². The molecule has 0 aliphatic carbocycles. The SMILES string of the molecule is COc1nc2ccc(Br)cc2cc1C(c1ccc(S(C)(=O)=O)cc1)C1(O)CCNC(Cc2ccccc2)C1. The normalized spacial score (nSPS) is 20.8. The lowest BCUT2D eigenvalue weighted by Gasteiger charge is -2.43. The van der Waals surface area contributed by atoms with Gasteiger partial charge in [-0.3, -0.25) is 0 Å². The molecule has 1 aromatic heterocycles. The fourth-order valence-corrected chi connectivity index (χ4v) is 6.61. The Labute approximate surface area is 232 Å². The van der Waals surface area contributed by atoms with Crippen LogP contribution in [-0.4, -0.2) is 50.1 Å². The molecule has 1 saturated heterocycles. The molecule has 1 aliphatic heterocycles. The zero-order valence-electron chi connectivity index (χ0n) is 21.4. The van der Waals surface area contributed by atoms with Crippen LogP contribution >= 0.6 is 15.9 Å². The van der Waals surface area contributed by atoms with Crippen LogP contribution in [0.5, 0.6) is 5.88 Å². The summed E-state index contributed by atoms with van der Waals surface area (Å²) < 4.78 is 31.0. The van der Waals surface area contributed by atoms with Crippen molar-refractivity contribution in [3.8, 4) is 5.88 Å². The second kappa shape index (κ2) is 10.8. The topological polar surface area (TPSA) is 88.5 Å². The molecule has 0 saturated carbocycles. The number of pyridine rings is 1. The molecule has 1 aliphatic rings. The van der Waals surface area contributed by atoms with E-state index in [-0.39, 0.29) is 10.9 Å². The van der Waals surface area contributed by atoms with Crippen LogP contribution in [0.2, 0.25) is 0 Å². The number of fused-ring (bicyclic) bond motifs is 1. The third-order valence-electron chi connectivity index (χ3n) is 7.37. The van der Waals surface area contributed by atoms with E-state index in [0.29, 0.717) is 25.3 Å². The lowest BCUT2D eigenvalue weighted by molar-refractivity contribution is -0.0191. The molecule has 0 bridgehead atoms. The Kier molecular flexibility index (Phi) is 7.60. The van der Waals surface area contributed by atoms with Crippen LogP contribution in [0, 0.1) is 0 Å². The highest BCUT2D eigenvalue weighted by Gasteiger charge is 2.44. The quantitative estimate of drug-likeness (QED) is 0.303. The predicted octanol–water partition coefficient (Wildman–Crippen LogP) is 5.27.